The third kappa shape index (κ3) is 2.90. The zero-order chi connectivity index (χ0) is 12.4. The zero-order valence-corrected chi connectivity index (χ0v) is 7.61. The topological polar surface area (TPSA) is 29.5 Å². The Hall–Kier alpha value is -1.15. The third-order valence-electron chi connectivity index (χ3n) is 1.27. The Balaban J connectivity index is 4.92. The van der Waals surface area contributed by atoms with Crippen molar-refractivity contribution in [1.82, 2.24) is 4.90 Å². The summed E-state index contributed by atoms with van der Waals surface area (Å²) in [6.07, 6.45) is -12.4. The number of hydrogen-bond acceptors (Lipinski definition) is 2. The molecule has 0 aromatic rings. The average Bonchev–Trinajstić information content (AvgIpc) is 2.01. The molecule has 0 N–H and O–H groups in total. The summed E-state index contributed by atoms with van der Waals surface area (Å²) < 4.78 is 74.9. The molecule has 0 radical (unpaired) electrons. The van der Waals surface area contributed by atoms with E-state index in [0.717, 1.165) is 14.1 Å². The molecule has 0 aromatic heterocycles. The van der Waals surface area contributed by atoms with Gasteiger partial charge in [-0.25, -0.2) is 13.6 Å². The van der Waals surface area contributed by atoms with Gasteiger partial charge in [0.05, 0.1) is 0 Å². The molecule has 1 atom stereocenters. The maximum Gasteiger partial charge on any atom is 0.466 e. The molecule has 0 spiro atoms. The molecule has 1 amide bonds. The standard InChI is InChI=1S/C6H7F6NO2/c1-13(2)4(14)15-5(9,3(7)8)6(10,11)12/h3H,1-2H3. The van der Waals surface area contributed by atoms with Crippen LogP contribution in [0.3, 0.4) is 0 Å². The van der Waals surface area contributed by atoms with Gasteiger partial charge in [0.15, 0.2) is 0 Å². The van der Waals surface area contributed by atoms with Gasteiger partial charge >= 0.3 is 24.5 Å². The Morgan fingerprint density at radius 3 is 1.80 bits per heavy atom. The van der Waals surface area contributed by atoms with E-state index < -0.39 is 24.5 Å². The van der Waals surface area contributed by atoms with Crippen LogP contribution in [0.4, 0.5) is 31.1 Å². The highest BCUT2D eigenvalue weighted by Gasteiger charge is 2.67. The van der Waals surface area contributed by atoms with E-state index in [-0.39, 0.29) is 0 Å². The van der Waals surface area contributed by atoms with Crippen molar-refractivity contribution in [2.45, 2.75) is 18.5 Å². The van der Waals surface area contributed by atoms with Crippen molar-refractivity contribution in [3.63, 3.8) is 0 Å². The number of halogens is 6. The molecule has 0 saturated carbocycles. The predicted octanol–water partition coefficient (Wildman–Crippen LogP) is 2.18. The second kappa shape index (κ2) is 4.15. The fourth-order valence-electron chi connectivity index (χ4n) is 0.444. The van der Waals surface area contributed by atoms with Gasteiger partial charge in [-0.3, -0.25) is 0 Å². The van der Waals surface area contributed by atoms with Crippen LogP contribution in [-0.4, -0.2) is 43.5 Å². The van der Waals surface area contributed by atoms with Gasteiger partial charge in [-0.2, -0.15) is 17.6 Å². The third-order valence-corrected chi connectivity index (χ3v) is 1.27. The highest BCUT2D eigenvalue weighted by molar-refractivity contribution is 5.67. The number of ether oxygens (including phenoxy) is 1. The van der Waals surface area contributed by atoms with Crippen LogP contribution in [0.2, 0.25) is 0 Å². The first-order valence-electron chi connectivity index (χ1n) is 3.46. The molecular formula is C6H7F6NO2. The van der Waals surface area contributed by atoms with Crippen LogP contribution >= 0.6 is 0 Å². The van der Waals surface area contributed by atoms with Gasteiger partial charge in [-0.05, 0) is 0 Å². The molecule has 0 aliphatic rings. The number of hydrogen-bond donors (Lipinski definition) is 0. The first kappa shape index (κ1) is 13.8. The van der Waals surface area contributed by atoms with E-state index in [1.54, 1.807) is 0 Å². The van der Waals surface area contributed by atoms with E-state index >= 15 is 0 Å². The van der Waals surface area contributed by atoms with Gasteiger partial charge in [-0.15, -0.1) is 0 Å². The summed E-state index contributed by atoms with van der Waals surface area (Å²) in [5, 5.41) is 0. The van der Waals surface area contributed by atoms with Crippen molar-refractivity contribution in [2.24, 2.45) is 0 Å². The summed E-state index contributed by atoms with van der Waals surface area (Å²) >= 11 is 0. The summed E-state index contributed by atoms with van der Waals surface area (Å²) in [6, 6.07) is 0. The first-order chi connectivity index (χ1) is 6.52. The molecule has 90 valence electrons. The fraction of sp³-hybridized carbons (Fsp3) is 0.833. The highest BCUT2D eigenvalue weighted by atomic mass is 19.4. The Bertz CT molecular complexity index is 240. The Morgan fingerprint density at radius 1 is 1.20 bits per heavy atom. The minimum absolute atomic E-state index is 0.391. The van der Waals surface area contributed by atoms with E-state index in [4.69, 9.17) is 0 Å². The van der Waals surface area contributed by atoms with Crippen LogP contribution in [0.1, 0.15) is 0 Å². The molecule has 3 nitrogen and oxygen atoms in total. The molecule has 0 bridgehead atoms. The smallest absolute Gasteiger partial charge is 0.398 e. The van der Waals surface area contributed by atoms with E-state index in [2.05, 4.69) is 4.74 Å². The van der Waals surface area contributed by atoms with Crippen molar-refractivity contribution in [3.8, 4) is 0 Å². The van der Waals surface area contributed by atoms with E-state index in [0.29, 0.717) is 4.90 Å². The fourth-order valence-corrected chi connectivity index (χ4v) is 0.444. The number of amides is 1. The largest absolute Gasteiger partial charge is 0.466 e. The van der Waals surface area contributed by atoms with Crippen molar-refractivity contribution in [2.75, 3.05) is 14.1 Å². The first-order valence-corrected chi connectivity index (χ1v) is 3.46. The second-order valence-corrected chi connectivity index (χ2v) is 2.71. The zero-order valence-electron chi connectivity index (χ0n) is 7.61. The summed E-state index contributed by atoms with van der Waals surface area (Å²) in [5.41, 5.74) is 0. The normalized spacial score (nSPS) is 16.1. The molecule has 0 saturated heterocycles. The lowest BCUT2D eigenvalue weighted by molar-refractivity contribution is -0.351. The molecule has 0 aliphatic carbocycles. The van der Waals surface area contributed by atoms with Crippen molar-refractivity contribution in [1.29, 1.82) is 0 Å². The molecule has 15 heavy (non-hydrogen) atoms. The summed E-state index contributed by atoms with van der Waals surface area (Å²) in [7, 11) is 1.84. The number of rotatable bonds is 2. The lowest BCUT2D eigenvalue weighted by atomic mass is 10.3. The molecule has 9 heteroatoms. The molecule has 0 fully saturated rings. The Morgan fingerprint density at radius 2 is 1.60 bits per heavy atom. The van der Waals surface area contributed by atoms with E-state index in [1.165, 1.54) is 0 Å². The molecular weight excluding hydrogens is 232 g/mol. The number of nitrogens with zero attached hydrogens (tertiary/aromatic N) is 1. The lowest BCUT2D eigenvalue weighted by Crippen LogP contribution is -2.52. The molecule has 0 aliphatic heterocycles. The summed E-state index contributed by atoms with van der Waals surface area (Å²) in [4.78, 5) is 10.9. The van der Waals surface area contributed by atoms with Gasteiger partial charge in [-0.1, -0.05) is 0 Å². The lowest BCUT2D eigenvalue weighted by Gasteiger charge is -2.27. The summed E-state index contributed by atoms with van der Waals surface area (Å²) in [5.74, 6) is -5.28. The number of alkyl halides is 6. The molecule has 0 aromatic carbocycles. The highest BCUT2D eigenvalue weighted by Crippen LogP contribution is 2.40. The Labute approximate surface area is 80.6 Å². The van der Waals surface area contributed by atoms with Crippen LogP contribution in [0.5, 0.6) is 0 Å². The van der Waals surface area contributed by atoms with E-state index in [9.17, 15) is 31.1 Å². The SMILES string of the molecule is CN(C)C(=O)OC(F)(C(F)F)C(F)(F)F. The van der Waals surface area contributed by atoms with Gasteiger partial charge in [0, 0.05) is 14.1 Å². The van der Waals surface area contributed by atoms with Crippen LogP contribution < -0.4 is 0 Å². The van der Waals surface area contributed by atoms with E-state index in [1.807, 2.05) is 0 Å². The number of carbonyl (C=O) groups is 1. The monoisotopic (exact) mass is 239 g/mol. The molecule has 1 unspecified atom stereocenters. The predicted molar refractivity (Wildman–Crippen MR) is 36.1 cm³/mol. The summed E-state index contributed by atoms with van der Waals surface area (Å²) in [6.45, 7) is 0. The van der Waals surface area contributed by atoms with Crippen LogP contribution in [0.15, 0.2) is 0 Å². The maximum atomic E-state index is 12.7. The van der Waals surface area contributed by atoms with Crippen LogP contribution in [0.25, 0.3) is 0 Å². The second-order valence-electron chi connectivity index (χ2n) is 2.71. The van der Waals surface area contributed by atoms with Gasteiger partial charge < -0.3 is 9.64 Å². The van der Waals surface area contributed by atoms with Crippen molar-refractivity contribution < 1.29 is 35.9 Å². The van der Waals surface area contributed by atoms with Crippen molar-refractivity contribution >= 4 is 6.09 Å². The number of carbonyl (C=O) groups excluding carboxylic acids is 1. The van der Waals surface area contributed by atoms with Crippen LogP contribution in [0, 0.1) is 0 Å². The van der Waals surface area contributed by atoms with Gasteiger partial charge in [0.25, 0.3) is 0 Å². The quantitative estimate of drug-likeness (QED) is 0.691. The van der Waals surface area contributed by atoms with Crippen molar-refractivity contribution in [3.05, 3.63) is 0 Å². The Kier molecular flexibility index (Phi) is 3.83. The molecule has 0 heterocycles. The maximum absolute atomic E-state index is 12.7. The minimum Gasteiger partial charge on any atom is -0.398 e. The van der Waals surface area contributed by atoms with Gasteiger partial charge in [0.2, 0.25) is 0 Å². The molecule has 0 rings (SSSR count). The minimum atomic E-state index is -5.99. The van der Waals surface area contributed by atoms with Gasteiger partial charge in [0.1, 0.15) is 0 Å². The average molecular weight is 239 g/mol. The van der Waals surface area contributed by atoms with Crippen LogP contribution in [-0.2, 0) is 4.74 Å².